The zero-order chi connectivity index (χ0) is 33.0. The number of aliphatic carboxylic acids is 1. The monoisotopic (exact) mass is 644 g/mol. The van der Waals surface area contributed by atoms with Crippen LogP contribution in [0.2, 0.25) is 0 Å². The van der Waals surface area contributed by atoms with Gasteiger partial charge in [0.1, 0.15) is 43.7 Å². The highest BCUT2D eigenvalue weighted by Gasteiger charge is 2.56. The van der Waals surface area contributed by atoms with E-state index in [1.54, 1.807) is 6.92 Å². The van der Waals surface area contributed by atoms with Crippen molar-refractivity contribution in [2.24, 2.45) is 5.92 Å². The molecule has 44 heavy (non-hydrogen) atoms. The first-order valence-corrected chi connectivity index (χ1v) is 13.8. The van der Waals surface area contributed by atoms with E-state index < -0.39 is 111 Å². The SMILES string of the molecule is COCCOCCOC(=O)NCC(=O)NC1C(O)CC(OCC2OC(OC)C(C)C(O)C2O)(C(=O)O)OC1[C@H](O)[C@H](O)CO. The largest absolute Gasteiger partial charge is 0.477 e. The minimum Gasteiger partial charge on any atom is -0.477 e. The second-order valence-corrected chi connectivity index (χ2v) is 10.3. The predicted octanol–water partition coefficient (Wildman–Crippen LogP) is -4.75. The first-order valence-electron chi connectivity index (χ1n) is 13.8. The number of amides is 2. The van der Waals surface area contributed by atoms with Gasteiger partial charge in [-0.25, -0.2) is 9.59 Å². The normalized spacial score (nSPS) is 33.7. The summed E-state index contributed by atoms with van der Waals surface area (Å²) in [6.45, 7) is -0.217. The number of carbonyl (C=O) groups is 3. The van der Waals surface area contributed by atoms with Crippen LogP contribution in [-0.4, -0.2) is 175 Å². The molecule has 9 N–H and O–H groups in total. The molecule has 0 saturated carbocycles. The molecule has 0 bridgehead atoms. The van der Waals surface area contributed by atoms with Crippen molar-refractivity contribution in [1.82, 2.24) is 10.6 Å². The maximum Gasteiger partial charge on any atom is 0.407 e. The molecule has 2 rings (SSSR count). The number of rotatable bonds is 17. The Morgan fingerprint density at radius 3 is 2.34 bits per heavy atom. The number of carbonyl (C=O) groups excluding carboxylic acids is 2. The lowest BCUT2D eigenvalue weighted by Gasteiger charge is -2.47. The van der Waals surface area contributed by atoms with Crippen LogP contribution in [0.15, 0.2) is 0 Å². The van der Waals surface area contributed by atoms with Gasteiger partial charge in [-0.05, 0) is 0 Å². The molecule has 19 nitrogen and oxygen atoms in total. The maximum atomic E-state index is 12.6. The van der Waals surface area contributed by atoms with E-state index in [1.807, 2.05) is 0 Å². The molecule has 0 spiro atoms. The van der Waals surface area contributed by atoms with Crippen LogP contribution in [0.5, 0.6) is 0 Å². The highest BCUT2D eigenvalue weighted by molar-refractivity contribution is 5.82. The fourth-order valence-corrected chi connectivity index (χ4v) is 4.61. The lowest BCUT2D eigenvalue weighted by atomic mass is 9.88. The van der Waals surface area contributed by atoms with E-state index in [9.17, 15) is 50.1 Å². The molecule has 0 aliphatic carbocycles. The van der Waals surface area contributed by atoms with Gasteiger partial charge in [0.2, 0.25) is 5.91 Å². The third-order valence-corrected chi connectivity index (χ3v) is 7.15. The van der Waals surface area contributed by atoms with Crippen LogP contribution in [0.3, 0.4) is 0 Å². The second-order valence-electron chi connectivity index (χ2n) is 10.3. The lowest BCUT2D eigenvalue weighted by Crippen LogP contribution is -2.68. The minimum atomic E-state index is -2.71. The molecule has 0 aromatic carbocycles. The highest BCUT2D eigenvalue weighted by atomic mass is 16.7. The van der Waals surface area contributed by atoms with E-state index in [0.29, 0.717) is 6.61 Å². The first-order chi connectivity index (χ1) is 20.8. The minimum absolute atomic E-state index is 0.0766. The molecule has 0 aromatic heterocycles. The molecule has 0 radical (unpaired) electrons. The summed E-state index contributed by atoms with van der Waals surface area (Å²) in [5.74, 6) is -6.06. The van der Waals surface area contributed by atoms with Gasteiger partial charge in [-0.2, -0.15) is 0 Å². The van der Waals surface area contributed by atoms with Crippen molar-refractivity contribution in [2.45, 2.75) is 74.2 Å². The van der Waals surface area contributed by atoms with Gasteiger partial charge >= 0.3 is 12.1 Å². The lowest BCUT2D eigenvalue weighted by molar-refractivity contribution is -0.332. The summed E-state index contributed by atoms with van der Waals surface area (Å²) in [5, 5.41) is 76.3. The molecule has 9 unspecified atom stereocenters. The Hall–Kier alpha value is -2.27. The van der Waals surface area contributed by atoms with Gasteiger partial charge in [-0.15, -0.1) is 0 Å². The number of aliphatic hydroxyl groups is 6. The van der Waals surface area contributed by atoms with Crippen LogP contribution in [0.1, 0.15) is 13.3 Å². The molecule has 2 saturated heterocycles. The van der Waals surface area contributed by atoms with Crippen molar-refractivity contribution in [1.29, 1.82) is 0 Å². The summed E-state index contributed by atoms with van der Waals surface area (Å²) in [6, 6.07) is -1.57. The van der Waals surface area contributed by atoms with Gasteiger partial charge in [-0.3, -0.25) is 4.79 Å². The quantitative estimate of drug-likeness (QED) is 0.0672. The smallest absolute Gasteiger partial charge is 0.407 e. The molecule has 11 atom stereocenters. The molecule has 2 amide bonds. The van der Waals surface area contributed by atoms with Crippen molar-refractivity contribution < 1.29 is 83.3 Å². The van der Waals surface area contributed by atoms with Crippen LogP contribution in [-0.2, 0) is 42.7 Å². The van der Waals surface area contributed by atoms with Gasteiger partial charge < -0.3 is 79.5 Å². The number of alkyl carbamates (subject to hydrolysis) is 1. The summed E-state index contributed by atoms with van der Waals surface area (Å²) in [4.78, 5) is 36.8. The third kappa shape index (κ3) is 10.1. The van der Waals surface area contributed by atoms with E-state index in [1.165, 1.54) is 14.2 Å². The number of ether oxygens (including phenoxy) is 7. The topological polar surface area (TPSA) is 281 Å². The molecule has 2 aliphatic rings. The Morgan fingerprint density at radius 1 is 1.05 bits per heavy atom. The molecule has 19 heteroatoms. The summed E-state index contributed by atoms with van der Waals surface area (Å²) in [5.41, 5.74) is 0. The third-order valence-electron chi connectivity index (χ3n) is 7.15. The number of carboxylic acids is 1. The summed E-state index contributed by atoms with van der Waals surface area (Å²) < 4.78 is 36.5. The fraction of sp³-hybridized carbons (Fsp3) is 0.880. The molecule has 2 aliphatic heterocycles. The first kappa shape index (κ1) is 37.9. The number of carboxylic acid groups (broad SMARTS) is 1. The molecule has 2 heterocycles. The second kappa shape index (κ2) is 18.0. The zero-order valence-electron chi connectivity index (χ0n) is 24.6. The Morgan fingerprint density at radius 2 is 1.73 bits per heavy atom. The zero-order valence-corrected chi connectivity index (χ0v) is 24.6. The molecular weight excluding hydrogens is 600 g/mol. The number of hydrogen-bond acceptors (Lipinski definition) is 16. The number of aliphatic hydroxyl groups excluding tert-OH is 6. The Labute approximate surface area is 252 Å². The van der Waals surface area contributed by atoms with Crippen molar-refractivity contribution in [3.05, 3.63) is 0 Å². The Kier molecular flexibility index (Phi) is 15.5. The highest BCUT2D eigenvalue weighted by Crippen LogP contribution is 2.35. The van der Waals surface area contributed by atoms with Crippen LogP contribution < -0.4 is 10.6 Å². The fourth-order valence-electron chi connectivity index (χ4n) is 4.61. The van der Waals surface area contributed by atoms with Crippen molar-refractivity contribution in [2.75, 3.05) is 60.4 Å². The van der Waals surface area contributed by atoms with Crippen LogP contribution in [0.25, 0.3) is 0 Å². The Bertz CT molecular complexity index is 912. The van der Waals surface area contributed by atoms with Gasteiger partial charge in [-0.1, -0.05) is 6.92 Å². The van der Waals surface area contributed by atoms with Gasteiger partial charge in [0.05, 0.1) is 51.3 Å². The van der Waals surface area contributed by atoms with Crippen LogP contribution in [0.4, 0.5) is 4.79 Å². The molecule has 256 valence electrons. The van der Waals surface area contributed by atoms with E-state index in [-0.39, 0.29) is 19.8 Å². The van der Waals surface area contributed by atoms with Crippen LogP contribution >= 0.6 is 0 Å². The van der Waals surface area contributed by atoms with Gasteiger partial charge in [0, 0.05) is 26.6 Å². The number of hydrogen-bond donors (Lipinski definition) is 9. The summed E-state index contributed by atoms with van der Waals surface area (Å²) >= 11 is 0. The van der Waals surface area contributed by atoms with Crippen molar-refractivity contribution >= 4 is 18.0 Å². The maximum absolute atomic E-state index is 12.6. The molecule has 2 fully saturated rings. The van der Waals surface area contributed by atoms with Crippen LogP contribution in [0, 0.1) is 5.92 Å². The van der Waals surface area contributed by atoms with E-state index >= 15 is 0 Å². The summed E-state index contributed by atoms with van der Waals surface area (Å²) in [7, 11) is 2.80. The number of methoxy groups -OCH3 is 2. The van der Waals surface area contributed by atoms with E-state index in [0.717, 1.165) is 0 Å². The van der Waals surface area contributed by atoms with Gasteiger partial charge in [0.25, 0.3) is 5.79 Å². The van der Waals surface area contributed by atoms with Gasteiger partial charge in [0.15, 0.2) is 6.29 Å². The van der Waals surface area contributed by atoms with E-state index in [4.69, 9.17) is 33.2 Å². The van der Waals surface area contributed by atoms with Crippen molar-refractivity contribution in [3.8, 4) is 0 Å². The molecular formula is C25H44N2O17. The predicted molar refractivity (Wildman–Crippen MR) is 142 cm³/mol. The Balaban J connectivity index is 2.10. The standard InChI is InChI=1S/C25H44N2O17/c1-12-18(32)20(34)15(43-22(12)39-3)11-42-25(23(35)36)8-13(29)17(21(44-25)19(33)14(30)10-28)27-16(31)9-26-24(37)41-7-6-40-5-4-38-2/h12-15,17-22,28-30,32-34H,4-11H2,1-3H3,(H,26,37)(H,27,31)(H,35,36)/t12?,13?,14-,15?,17?,18?,19-,20?,21?,22?,25?/m1/s1. The average Bonchev–Trinajstić information content (AvgIpc) is 3.00. The number of nitrogens with one attached hydrogen (secondary N) is 2. The summed E-state index contributed by atoms with van der Waals surface area (Å²) in [6.07, 6.45) is -14.6. The average molecular weight is 645 g/mol. The van der Waals surface area contributed by atoms with E-state index in [2.05, 4.69) is 10.6 Å². The molecule has 0 aromatic rings. The van der Waals surface area contributed by atoms with Crippen molar-refractivity contribution in [3.63, 3.8) is 0 Å².